The van der Waals surface area contributed by atoms with E-state index in [-0.39, 0.29) is 12.1 Å². The van der Waals surface area contributed by atoms with Crippen LogP contribution in [0.25, 0.3) is 0 Å². The van der Waals surface area contributed by atoms with Gasteiger partial charge >= 0.3 is 12.1 Å². The lowest BCUT2D eigenvalue weighted by atomic mass is 9.98. The minimum Gasteiger partial charge on any atom is -0.448 e. The first-order valence-corrected chi connectivity index (χ1v) is 7.11. The molecule has 1 amide bonds. The summed E-state index contributed by atoms with van der Waals surface area (Å²) in [4.78, 5) is 24.1. The lowest BCUT2D eigenvalue weighted by molar-refractivity contribution is -0.137. The van der Waals surface area contributed by atoms with Crippen LogP contribution in [0.4, 0.5) is 18.9 Å². The van der Waals surface area contributed by atoms with Gasteiger partial charge in [-0.15, -0.1) is 0 Å². The molecular formula is C17H12F3NO3. The Hall–Kier alpha value is -2.83. The van der Waals surface area contributed by atoms with Crippen molar-refractivity contribution in [1.29, 1.82) is 0 Å². The molecule has 0 unspecified atom stereocenters. The summed E-state index contributed by atoms with van der Waals surface area (Å²) in [5.41, 5.74) is 0.176. The average molecular weight is 335 g/mol. The van der Waals surface area contributed by atoms with E-state index in [1.807, 2.05) is 0 Å². The summed E-state index contributed by atoms with van der Waals surface area (Å²) in [7, 11) is 0. The molecule has 0 fully saturated rings. The molecule has 2 aromatic rings. The molecule has 1 aliphatic heterocycles. The van der Waals surface area contributed by atoms with Crippen LogP contribution in [-0.4, -0.2) is 18.0 Å². The topological polar surface area (TPSA) is 55.4 Å². The van der Waals surface area contributed by atoms with Crippen LogP contribution in [0, 0.1) is 0 Å². The van der Waals surface area contributed by atoms with E-state index in [2.05, 4.69) is 5.32 Å². The zero-order valence-electron chi connectivity index (χ0n) is 12.3. The van der Waals surface area contributed by atoms with Crippen molar-refractivity contribution in [3.05, 3.63) is 65.2 Å². The number of fused-ring (bicyclic) bond motifs is 1. The number of nitrogens with one attached hydrogen (secondary N) is 1. The fraction of sp³-hybridized carbons (Fsp3) is 0.176. The molecule has 0 radical (unpaired) electrons. The number of benzene rings is 2. The van der Waals surface area contributed by atoms with Gasteiger partial charge in [-0.2, -0.15) is 13.2 Å². The molecule has 1 aliphatic rings. The van der Waals surface area contributed by atoms with Crippen LogP contribution in [0.2, 0.25) is 0 Å². The van der Waals surface area contributed by atoms with E-state index in [0.717, 1.165) is 12.1 Å². The summed E-state index contributed by atoms with van der Waals surface area (Å²) < 4.78 is 43.2. The molecule has 2 aromatic carbocycles. The van der Waals surface area contributed by atoms with Crippen LogP contribution >= 0.6 is 0 Å². The second kappa shape index (κ2) is 5.99. The van der Waals surface area contributed by atoms with Crippen molar-refractivity contribution in [3.8, 4) is 0 Å². The molecule has 1 atom stereocenters. The SMILES string of the molecule is O=C1O[C@H](C(=O)Nc2cccc(C(F)(F)F)c2)Cc2ccccc21. The van der Waals surface area contributed by atoms with Crippen molar-refractivity contribution < 1.29 is 27.5 Å². The standard InChI is InChI=1S/C17H12F3NO3/c18-17(19,20)11-5-3-6-12(9-11)21-15(22)14-8-10-4-1-2-7-13(10)16(23)24-14/h1-7,9,14H,8H2,(H,21,22)/t14-/m0/s1. The molecule has 3 rings (SSSR count). The third-order valence-corrected chi connectivity index (χ3v) is 3.64. The predicted octanol–water partition coefficient (Wildman–Crippen LogP) is 3.43. The van der Waals surface area contributed by atoms with Gasteiger partial charge < -0.3 is 10.1 Å². The van der Waals surface area contributed by atoms with E-state index < -0.39 is 29.7 Å². The molecule has 0 aromatic heterocycles. The summed E-state index contributed by atoms with van der Waals surface area (Å²) in [6.45, 7) is 0. The Morgan fingerprint density at radius 1 is 1.12 bits per heavy atom. The van der Waals surface area contributed by atoms with Crippen LogP contribution in [-0.2, 0) is 22.1 Å². The molecule has 1 heterocycles. The Morgan fingerprint density at radius 3 is 2.62 bits per heavy atom. The number of carbonyl (C=O) groups excluding carboxylic acids is 2. The maximum atomic E-state index is 12.7. The molecule has 1 N–H and O–H groups in total. The van der Waals surface area contributed by atoms with E-state index in [9.17, 15) is 22.8 Å². The number of halogens is 3. The summed E-state index contributed by atoms with van der Waals surface area (Å²) in [5.74, 6) is -1.29. The highest BCUT2D eigenvalue weighted by atomic mass is 19.4. The average Bonchev–Trinajstić information content (AvgIpc) is 2.54. The van der Waals surface area contributed by atoms with Gasteiger partial charge in [0, 0.05) is 12.1 Å². The summed E-state index contributed by atoms with van der Waals surface area (Å²) in [6, 6.07) is 11.0. The second-order valence-electron chi connectivity index (χ2n) is 5.32. The van der Waals surface area contributed by atoms with Crippen LogP contribution < -0.4 is 5.32 Å². The quantitative estimate of drug-likeness (QED) is 0.856. The largest absolute Gasteiger partial charge is 0.448 e. The van der Waals surface area contributed by atoms with Crippen molar-refractivity contribution in [2.75, 3.05) is 5.32 Å². The van der Waals surface area contributed by atoms with Gasteiger partial charge in [-0.1, -0.05) is 24.3 Å². The van der Waals surface area contributed by atoms with Crippen molar-refractivity contribution in [3.63, 3.8) is 0 Å². The molecule has 24 heavy (non-hydrogen) atoms. The lowest BCUT2D eigenvalue weighted by Gasteiger charge is -2.23. The number of esters is 1. The van der Waals surface area contributed by atoms with E-state index in [1.54, 1.807) is 24.3 Å². The number of rotatable bonds is 2. The molecular weight excluding hydrogens is 323 g/mol. The number of alkyl halides is 3. The Bertz CT molecular complexity index is 802. The highest BCUT2D eigenvalue weighted by Gasteiger charge is 2.32. The number of hydrogen-bond acceptors (Lipinski definition) is 3. The van der Waals surface area contributed by atoms with Gasteiger partial charge in [-0.3, -0.25) is 4.79 Å². The van der Waals surface area contributed by atoms with E-state index in [1.165, 1.54) is 12.1 Å². The molecule has 4 nitrogen and oxygen atoms in total. The zero-order chi connectivity index (χ0) is 17.3. The molecule has 0 saturated carbocycles. The minimum absolute atomic E-state index is 0.00951. The molecule has 0 spiro atoms. The van der Waals surface area contributed by atoms with Gasteiger partial charge in [0.15, 0.2) is 6.10 Å². The minimum atomic E-state index is -4.50. The van der Waals surface area contributed by atoms with Crippen LogP contribution in [0.5, 0.6) is 0 Å². The van der Waals surface area contributed by atoms with E-state index in [4.69, 9.17) is 4.74 Å². The van der Waals surface area contributed by atoms with Crippen LogP contribution in [0.1, 0.15) is 21.5 Å². The summed E-state index contributed by atoms with van der Waals surface area (Å²) >= 11 is 0. The van der Waals surface area contributed by atoms with E-state index in [0.29, 0.717) is 11.1 Å². The third-order valence-electron chi connectivity index (χ3n) is 3.64. The Labute approximate surface area is 135 Å². The molecule has 0 saturated heterocycles. The van der Waals surface area contributed by atoms with Gasteiger partial charge in [0.1, 0.15) is 0 Å². The van der Waals surface area contributed by atoms with Crippen LogP contribution in [0.3, 0.4) is 0 Å². The smallest absolute Gasteiger partial charge is 0.416 e. The van der Waals surface area contributed by atoms with Crippen LogP contribution in [0.15, 0.2) is 48.5 Å². The first kappa shape index (κ1) is 16.0. The number of carbonyl (C=O) groups is 2. The maximum Gasteiger partial charge on any atom is 0.416 e. The number of cyclic esters (lactones) is 1. The maximum absolute atomic E-state index is 12.7. The monoisotopic (exact) mass is 335 g/mol. The van der Waals surface area contributed by atoms with Crippen molar-refractivity contribution in [2.24, 2.45) is 0 Å². The van der Waals surface area contributed by atoms with Crippen molar-refractivity contribution in [1.82, 2.24) is 0 Å². The van der Waals surface area contributed by atoms with Crippen molar-refractivity contribution in [2.45, 2.75) is 18.7 Å². The highest BCUT2D eigenvalue weighted by Crippen LogP contribution is 2.31. The fourth-order valence-electron chi connectivity index (χ4n) is 2.47. The van der Waals surface area contributed by atoms with Gasteiger partial charge in [0.25, 0.3) is 5.91 Å². The lowest BCUT2D eigenvalue weighted by Crippen LogP contribution is -2.38. The second-order valence-corrected chi connectivity index (χ2v) is 5.32. The third kappa shape index (κ3) is 3.24. The molecule has 7 heteroatoms. The first-order chi connectivity index (χ1) is 11.3. The Kier molecular flexibility index (Phi) is 4.01. The molecule has 124 valence electrons. The van der Waals surface area contributed by atoms with Gasteiger partial charge in [-0.25, -0.2) is 4.79 Å². The van der Waals surface area contributed by atoms with Gasteiger partial charge in [-0.05, 0) is 29.8 Å². The molecule has 0 bridgehead atoms. The first-order valence-electron chi connectivity index (χ1n) is 7.11. The Morgan fingerprint density at radius 2 is 1.88 bits per heavy atom. The number of amides is 1. The number of ether oxygens (including phenoxy) is 1. The fourth-order valence-corrected chi connectivity index (χ4v) is 2.47. The Balaban J connectivity index is 1.76. The normalized spacial score (nSPS) is 17.0. The van der Waals surface area contributed by atoms with E-state index >= 15 is 0 Å². The van der Waals surface area contributed by atoms with Gasteiger partial charge in [0.2, 0.25) is 0 Å². The number of anilines is 1. The van der Waals surface area contributed by atoms with Crippen molar-refractivity contribution >= 4 is 17.6 Å². The number of hydrogen-bond donors (Lipinski definition) is 1. The highest BCUT2D eigenvalue weighted by molar-refractivity contribution is 6.00. The summed E-state index contributed by atoms with van der Waals surface area (Å²) in [6.07, 6.45) is -5.41. The zero-order valence-corrected chi connectivity index (χ0v) is 12.3. The summed E-state index contributed by atoms with van der Waals surface area (Å²) in [5, 5.41) is 2.36. The predicted molar refractivity (Wildman–Crippen MR) is 79.4 cm³/mol. The van der Waals surface area contributed by atoms with Gasteiger partial charge in [0.05, 0.1) is 11.1 Å². The molecule has 0 aliphatic carbocycles.